The molecule has 0 aliphatic heterocycles. The zero-order valence-corrected chi connectivity index (χ0v) is 10.7. The van der Waals surface area contributed by atoms with Crippen molar-refractivity contribution in [3.63, 3.8) is 0 Å². The van der Waals surface area contributed by atoms with Crippen molar-refractivity contribution in [2.45, 2.75) is 0 Å². The molecule has 0 fully saturated rings. The molecule has 4 nitrogen and oxygen atoms in total. The first-order valence-corrected chi connectivity index (χ1v) is 5.91. The molecule has 0 unspecified atom stereocenters. The van der Waals surface area contributed by atoms with Crippen LogP contribution in [0.4, 0.5) is 0 Å². The number of halogens is 1. The molecular weight excluding hydrogens is 268 g/mol. The molecule has 0 N–H and O–H groups in total. The van der Waals surface area contributed by atoms with E-state index in [1.54, 1.807) is 24.3 Å². The number of rotatable bonds is 2. The molecule has 0 amide bonds. The lowest BCUT2D eigenvalue weighted by Crippen LogP contribution is -2.07. The number of hydrogen-bond acceptors (Lipinski definition) is 4. The fraction of sp³-hybridized carbons (Fsp3) is 0.0714. The Hall–Kier alpha value is -2.20. The summed E-state index contributed by atoms with van der Waals surface area (Å²) in [7, 11) is 1.42. The largest absolute Gasteiger partial charge is 0.490 e. The average Bonchev–Trinajstić information content (AvgIpc) is 2.93. The topological polar surface area (TPSA) is 52.6 Å². The number of methoxy groups -OCH3 is 1. The van der Waals surface area contributed by atoms with Gasteiger partial charge in [-0.05, 0) is 24.3 Å². The van der Waals surface area contributed by atoms with E-state index in [-0.39, 0.29) is 11.2 Å². The highest BCUT2D eigenvalue weighted by Crippen LogP contribution is 2.31. The molecule has 3 aromatic rings. The second-order valence-corrected chi connectivity index (χ2v) is 4.38. The number of benzene rings is 1. The van der Waals surface area contributed by atoms with Crippen molar-refractivity contribution in [1.82, 2.24) is 0 Å². The minimum absolute atomic E-state index is 0.135. The van der Waals surface area contributed by atoms with Gasteiger partial charge in [0.05, 0.1) is 24.3 Å². The third-order valence-corrected chi connectivity index (χ3v) is 3.03. The second-order valence-electron chi connectivity index (χ2n) is 3.95. The summed E-state index contributed by atoms with van der Waals surface area (Å²) in [5, 5.41) is 0.856. The summed E-state index contributed by atoms with van der Waals surface area (Å²) in [5.41, 5.74) is 0.833. The third-order valence-electron chi connectivity index (χ3n) is 2.80. The first kappa shape index (κ1) is 11.9. The average molecular weight is 277 g/mol. The van der Waals surface area contributed by atoms with Gasteiger partial charge in [-0.2, -0.15) is 0 Å². The second kappa shape index (κ2) is 4.48. The van der Waals surface area contributed by atoms with Crippen molar-refractivity contribution < 1.29 is 13.6 Å². The van der Waals surface area contributed by atoms with Gasteiger partial charge in [0.2, 0.25) is 11.2 Å². The molecule has 0 aliphatic rings. The summed E-state index contributed by atoms with van der Waals surface area (Å²) in [5.74, 6) is 0.479. The molecule has 0 radical (unpaired) electrons. The van der Waals surface area contributed by atoms with E-state index >= 15 is 0 Å². The summed E-state index contributed by atoms with van der Waals surface area (Å²) in [6.07, 6.45) is 2.99. The van der Waals surface area contributed by atoms with Crippen LogP contribution in [0.3, 0.4) is 0 Å². The van der Waals surface area contributed by atoms with Crippen LogP contribution < -0.4 is 10.2 Å². The molecule has 96 valence electrons. The molecule has 0 saturated heterocycles. The van der Waals surface area contributed by atoms with Gasteiger partial charge in [-0.25, -0.2) is 0 Å². The van der Waals surface area contributed by atoms with E-state index in [0.717, 1.165) is 0 Å². The van der Waals surface area contributed by atoms with Crippen molar-refractivity contribution in [2.75, 3.05) is 7.11 Å². The Balaban J connectivity index is 2.41. The molecule has 0 saturated carbocycles. The Bertz CT molecular complexity index is 787. The maximum absolute atomic E-state index is 12.4. The number of hydrogen-bond donors (Lipinski definition) is 0. The Labute approximate surface area is 113 Å². The summed E-state index contributed by atoms with van der Waals surface area (Å²) in [6, 6.07) is 6.58. The van der Waals surface area contributed by atoms with Crippen molar-refractivity contribution in [3.8, 4) is 17.1 Å². The van der Waals surface area contributed by atoms with E-state index < -0.39 is 0 Å². The highest BCUT2D eigenvalue weighted by molar-refractivity contribution is 6.31. The van der Waals surface area contributed by atoms with Crippen LogP contribution >= 0.6 is 11.6 Å². The monoisotopic (exact) mass is 276 g/mol. The van der Waals surface area contributed by atoms with Crippen LogP contribution in [-0.4, -0.2) is 7.11 Å². The summed E-state index contributed by atoms with van der Waals surface area (Å²) >= 11 is 5.89. The van der Waals surface area contributed by atoms with Crippen LogP contribution in [0.2, 0.25) is 5.02 Å². The Kier molecular flexibility index (Phi) is 2.80. The predicted octanol–water partition coefficient (Wildman–Crippen LogP) is 3.72. The SMILES string of the molecule is COc1c(-c2ccoc2)oc2ccc(Cl)cc2c1=O. The Morgan fingerprint density at radius 2 is 2.11 bits per heavy atom. The van der Waals surface area contributed by atoms with Crippen LogP contribution in [0.1, 0.15) is 0 Å². The fourth-order valence-electron chi connectivity index (χ4n) is 1.92. The fourth-order valence-corrected chi connectivity index (χ4v) is 2.09. The zero-order valence-electron chi connectivity index (χ0n) is 9.98. The smallest absolute Gasteiger partial charge is 0.235 e. The van der Waals surface area contributed by atoms with Crippen molar-refractivity contribution in [1.29, 1.82) is 0 Å². The minimum atomic E-state index is -0.262. The van der Waals surface area contributed by atoms with Gasteiger partial charge in [-0.15, -0.1) is 0 Å². The van der Waals surface area contributed by atoms with Crippen LogP contribution in [0.5, 0.6) is 5.75 Å². The van der Waals surface area contributed by atoms with Gasteiger partial charge in [-0.3, -0.25) is 4.79 Å². The van der Waals surface area contributed by atoms with Gasteiger partial charge < -0.3 is 13.6 Å². The molecule has 2 aromatic heterocycles. The maximum Gasteiger partial charge on any atom is 0.235 e. The van der Waals surface area contributed by atoms with Gasteiger partial charge >= 0.3 is 0 Å². The lowest BCUT2D eigenvalue weighted by molar-refractivity contribution is 0.398. The van der Waals surface area contributed by atoms with E-state index in [0.29, 0.717) is 27.3 Å². The predicted molar refractivity (Wildman–Crippen MR) is 71.7 cm³/mol. The van der Waals surface area contributed by atoms with E-state index in [4.69, 9.17) is 25.2 Å². The zero-order chi connectivity index (χ0) is 13.4. The Morgan fingerprint density at radius 3 is 2.79 bits per heavy atom. The Morgan fingerprint density at radius 1 is 1.26 bits per heavy atom. The molecule has 1 aromatic carbocycles. The van der Waals surface area contributed by atoms with Gasteiger partial charge in [0.15, 0.2) is 5.76 Å². The normalized spacial score (nSPS) is 10.8. The third kappa shape index (κ3) is 1.90. The maximum atomic E-state index is 12.4. The minimum Gasteiger partial charge on any atom is -0.490 e. The molecule has 0 spiro atoms. The van der Waals surface area contributed by atoms with Crippen LogP contribution in [-0.2, 0) is 0 Å². The van der Waals surface area contributed by atoms with E-state index in [9.17, 15) is 4.79 Å². The molecule has 0 atom stereocenters. The molecule has 5 heteroatoms. The summed E-state index contributed by atoms with van der Waals surface area (Å²) in [4.78, 5) is 12.4. The number of furan rings is 1. The van der Waals surface area contributed by atoms with Crippen LogP contribution in [0.25, 0.3) is 22.3 Å². The van der Waals surface area contributed by atoms with Crippen molar-refractivity contribution in [3.05, 3.63) is 52.0 Å². The van der Waals surface area contributed by atoms with E-state index in [2.05, 4.69) is 0 Å². The molecule has 0 bridgehead atoms. The summed E-state index contributed by atoms with van der Waals surface area (Å²) < 4.78 is 15.9. The van der Waals surface area contributed by atoms with Crippen LogP contribution in [0.15, 0.2) is 50.4 Å². The van der Waals surface area contributed by atoms with Gasteiger partial charge in [0.25, 0.3) is 0 Å². The molecule has 0 aliphatic carbocycles. The molecular formula is C14H9ClO4. The molecule has 2 heterocycles. The lowest BCUT2D eigenvalue weighted by Gasteiger charge is -2.07. The highest BCUT2D eigenvalue weighted by atomic mass is 35.5. The van der Waals surface area contributed by atoms with Gasteiger partial charge in [-0.1, -0.05) is 11.6 Å². The number of fused-ring (bicyclic) bond motifs is 1. The summed E-state index contributed by atoms with van der Waals surface area (Å²) in [6.45, 7) is 0. The van der Waals surface area contributed by atoms with Crippen molar-refractivity contribution in [2.24, 2.45) is 0 Å². The van der Waals surface area contributed by atoms with Crippen molar-refractivity contribution >= 4 is 22.6 Å². The first-order valence-electron chi connectivity index (χ1n) is 5.53. The molecule has 3 rings (SSSR count). The first-order chi connectivity index (χ1) is 9.20. The molecule has 19 heavy (non-hydrogen) atoms. The van der Waals surface area contributed by atoms with Gasteiger partial charge in [0, 0.05) is 5.02 Å². The van der Waals surface area contributed by atoms with Crippen LogP contribution in [0, 0.1) is 0 Å². The standard InChI is InChI=1S/C14H9ClO4/c1-17-14-12(16)10-6-9(15)2-3-11(10)19-13(14)8-4-5-18-7-8/h2-7H,1H3. The lowest BCUT2D eigenvalue weighted by atomic mass is 10.1. The number of ether oxygens (including phenoxy) is 1. The van der Waals surface area contributed by atoms with E-state index in [1.807, 2.05) is 0 Å². The van der Waals surface area contributed by atoms with Gasteiger partial charge in [0.1, 0.15) is 11.8 Å². The highest BCUT2D eigenvalue weighted by Gasteiger charge is 2.17. The van der Waals surface area contributed by atoms with E-state index in [1.165, 1.54) is 19.6 Å². The quantitative estimate of drug-likeness (QED) is 0.716.